The first kappa shape index (κ1) is 42.5. The van der Waals surface area contributed by atoms with E-state index in [2.05, 4.69) is 20.1 Å². The van der Waals surface area contributed by atoms with Crippen molar-refractivity contribution in [1.82, 2.24) is 19.1 Å². The zero-order chi connectivity index (χ0) is 41.6. The van der Waals surface area contributed by atoms with Crippen molar-refractivity contribution in [1.29, 1.82) is 0 Å². The van der Waals surface area contributed by atoms with E-state index in [0.29, 0.717) is 42.8 Å². The maximum absolute atomic E-state index is 14.5. The molecular formula is C42H46N6O8P2S2. The fourth-order valence-electron chi connectivity index (χ4n) is 6.98. The van der Waals surface area contributed by atoms with E-state index >= 15 is 0 Å². The van der Waals surface area contributed by atoms with Crippen molar-refractivity contribution in [2.24, 2.45) is 0 Å². The van der Waals surface area contributed by atoms with Gasteiger partial charge in [-0.05, 0) is 104 Å². The number of hydrogen-bond donors (Lipinski definition) is 2. The Bertz CT molecular complexity index is 2410. The van der Waals surface area contributed by atoms with Gasteiger partial charge in [0, 0.05) is 27.7 Å². The predicted molar refractivity (Wildman–Crippen MR) is 235 cm³/mol. The van der Waals surface area contributed by atoms with E-state index in [9.17, 15) is 13.9 Å². The first-order valence-corrected chi connectivity index (χ1v) is 25.7. The van der Waals surface area contributed by atoms with Crippen molar-refractivity contribution in [2.75, 3.05) is 23.4 Å². The highest BCUT2D eigenvalue weighted by Crippen LogP contribution is 2.74. The standard InChI is InChI=1S/C42H46N6O8P2S2/c1-42(2)55-37-35(28-53-58(51,59-33-22-12-5-13-23-33)60-34-24-14-6-15-25-34)54-41(38(37)56-42)48-30-43-36-39(48)44-29-47(40(36)49)26-16-7-17-27-52-57(50,45-31-18-8-3-9-19-31)46-32-20-10-4-11-21-32/h3-6,8-15,18-25,29-30,35,37-38,41H,7,16-17,26-28H2,1-2H3,(H2,45,46,50)/t35-,37-,38-,41-/m1/s1. The fraction of sp³-hybridized carbons (Fsp3) is 0.310. The van der Waals surface area contributed by atoms with Crippen LogP contribution in [0.1, 0.15) is 39.3 Å². The molecule has 4 atom stereocenters. The maximum atomic E-state index is 14.5. The Morgan fingerprint density at radius 3 is 1.88 bits per heavy atom. The first-order valence-electron chi connectivity index (χ1n) is 19.6. The van der Waals surface area contributed by atoms with Gasteiger partial charge in [0.25, 0.3) is 5.56 Å². The molecule has 2 saturated heterocycles. The van der Waals surface area contributed by atoms with Crippen LogP contribution >= 0.6 is 36.2 Å². The number of unbranched alkanes of at least 4 members (excludes halogenated alkanes) is 2. The van der Waals surface area contributed by atoms with Crippen molar-refractivity contribution >= 4 is 58.7 Å². The average molecular weight is 889 g/mol. The Labute approximate surface area is 356 Å². The maximum Gasteiger partial charge on any atom is 0.391 e. The normalized spacial score (nSPS) is 20.0. The molecular weight excluding hydrogens is 843 g/mol. The van der Waals surface area contributed by atoms with Crippen molar-refractivity contribution in [3.8, 4) is 0 Å². The summed E-state index contributed by atoms with van der Waals surface area (Å²) in [5, 5.41) is 6.06. The monoisotopic (exact) mass is 888 g/mol. The molecule has 0 bridgehead atoms. The predicted octanol–water partition coefficient (Wildman–Crippen LogP) is 10.2. The van der Waals surface area contributed by atoms with Crippen LogP contribution in [0.15, 0.2) is 149 Å². The Kier molecular flexibility index (Phi) is 13.3. The lowest BCUT2D eigenvalue weighted by molar-refractivity contribution is -0.198. The van der Waals surface area contributed by atoms with Crippen LogP contribution in [0.25, 0.3) is 11.2 Å². The minimum atomic E-state index is -3.49. The van der Waals surface area contributed by atoms with Crippen LogP contribution in [0, 0.1) is 0 Å². The third-order valence-corrected chi connectivity index (χ3v) is 17.8. The molecule has 2 aliphatic rings. The molecule has 0 amide bonds. The lowest BCUT2D eigenvalue weighted by Gasteiger charge is -2.25. The number of imidazole rings is 1. The van der Waals surface area contributed by atoms with Crippen LogP contribution in [-0.2, 0) is 38.9 Å². The van der Waals surface area contributed by atoms with Gasteiger partial charge in [-0.2, -0.15) is 0 Å². The Balaban J connectivity index is 0.904. The smallest absolute Gasteiger partial charge is 0.347 e. The van der Waals surface area contributed by atoms with Crippen molar-refractivity contribution in [2.45, 2.75) is 79.8 Å². The Morgan fingerprint density at radius 2 is 1.28 bits per heavy atom. The number of nitrogens with one attached hydrogen (secondary N) is 2. The van der Waals surface area contributed by atoms with Crippen LogP contribution in [0.2, 0.25) is 0 Å². The molecule has 60 heavy (non-hydrogen) atoms. The quantitative estimate of drug-likeness (QED) is 0.0585. The van der Waals surface area contributed by atoms with Gasteiger partial charge in [0.1, 0.15) is 24.6 Å². The Morgan fingerprint density at radius 1 is 0.717 bits per heavy atom. The first-order chi connectivity index (χ1) is 29.1. The second kappa shape index (κ2) is 18.8. The molecule has 0 spiro atoms. The van der Waals surface area contributed by atoms with Gasteiger partial charge in [-0.1, -0.05) is 72.8 Å². The van der Waals surface area contributed by atoms with E-state index in [4.69, 9.17) is 23.3 Å². The molecule has 8 rings (SSSR count). The van der Waals surface area contributed by atoms with Crippen LogP contribution in [0.4, 0.5) is 11.4 Å². The highest BCUT2D eigenvalue weighted by atomic mass is 33.1. The molecule has 6 aromatic rings. The second-order valence-electron chi connectivity index (χ2n) is 14.6. The summed E-state index contributed by atoms with van der Waals surface area (Å²) in [5.74, 6) is -4.33. The molecule has 2 aromatic heterocycles. The number of rotatable bonds is 19. The summed E-state index contributed by atoms with van der Waals surface area (Å²) in [5.41, 5.74) is 1.61. The topological polar surface area (TPSA) is 157 Å². The summed E-state index contributed by atoms with van der Waals surface area (Å²) >= 11 is 2.38. The van der Waals surface area contributed by atoms with Gasteiger partial charge in [-0.15, -0.1) is 0 Å². The number of aromatic nitrogens is 4. The average Bonchev–Trinajstić information content (AvgIpc) is 3.91. The van der Waals surface area contributed by atoms with E-state index in [1.165, 1.54) is 35.4 Å². The van der Waals surface area contributed by atoms with Gasteiger partial charge in [0.05, 0.1) is 19.5 Å². The molecule has 2 aliphatic heterocycles. The van der Waals surface area contributed by atoms with Crippen molar-refractivity contribution in [3.63, 3.8) is 0 Å². The lowest BCUT2D eigenvalue weighted by atomic mass is 10.1. The molecule has 2 N–H and O–H groups in total. The highest BCUT2D eigenvalue weighted by Gasteiger charge is 2.56. The number of benzene rings is 4. The third kappa shape index (κ3) is 10.4. The van der Waals surface area contributed by atoms with Crippen molar-refractivity contribution in [3.05, 3.63) is 144 Å². The van der Waals surface area contributed by atoms with Gasteiger partial charge in [-0.3, -0.25) is 33.2 Å². The van der Waals surface area contributed by atoms with E-state index in [1.54, 1.807) is 9.13 Å². The number of anilines is 2. The van der Waals surface area contributed by atoms with Gasteiger partial charge in [-0.25, -0.2) is 14.5 Å². The highest BCUT2D eigenvalue weighted by molar-refractivity contribution is 8.89. The van der Waals surface area contributed by atoms with E-state index in [0.717, 1.165) is 9.79 Å². The minimum Gasteiger partial charge on any atom is -0.347 e. The summed E-state index contributed by atoms with van der Waals surface area (Å²) in [7, 11) is -3.49. The lowest BCUT2D eigenvalue weighted by Crippen LogP contribution is -2.32. The van der Waals surface area contributed by atoms with E-state index in [1.807, 2.05) is 135 Å². The fourth-order valence-corrected chi connectivity index (χ4v) is 15.0. The second-order valence-corrected chi connectivity index (χ2v) is 23.6. The summed E-state index contributed by atoms with van der Waals surface area (Å²) in [6, 6.07) is 37.5. The summed E-state index contributed by atoms with van der Waals surface area (Å²) in [4.78, 5) is 24.4. The zero-order valence-corrected chi connectivity index (χ0v) is 36.4. The molecule has 0 radical (unpaired) electrons. The van der Waals surface area contributed by atoms with Crippen LogP contribution in [0.5, 0.6) is 0 Å². The van der Waals surface area contributed by atoms with Gasteiger partial charge >= 0.3 is 13.4 Å². The van der Waals surface area contributed by atoms with Crippen LogP contribution < -0.4 is 15.7 Å². The molecule has 18 heteroatoms. The molecule has 0 unspecified atom stereocenters. The molecule has 0 aliphatic carbocycles. The molecule has 4 heterocycles. The number of hydrogen-bond acceptors (Lipinski definition) is 12. The molecule has 0 saturated carbocycles. The molecule has 4 aromatic carbocycles. The van der Waals surface area contributed by atoms with Gasteiger partial charge < -0.3 is 18.7 Å². The summed E-state index contributed by atoms with van der Waals surface area (Å²) in [6.45, 7) is 4.28. The van der Waals surface area contributed by atoms with Crippen LogP contribution in [0.3, 0.4) is 0 Å². The van der Waals surface area contributed by atoms with Crippen molar-refractivity contribution < 1.29 is 32.4 Å². The molecule has 14 nitrogen and oxygen atoms in total. The summed E-state index contributed by atoms with van der Waals surface area (Å²) < 4.78 is 63.0. The molecule has 314 valence electrons. The van der Waals surface area contributed by atoms with E-state index < -0.39 is 43.8 Å². The number of para-hydroxylation sites is 2. The van der Waals surface area contributed by atoms with E-state index in [-0.39, 0.29) is 24.3 Å². The number of nitrogens with zero attached hydrogens (tertiary/aromatic N) is 4. The third-order valence-electron chi connectivity index (χ3n) is 9.68. The zero-order valence-electron chi connectivity index (χ0n) is 33.0. The Hall–Kier alpha value is -4.21. The minimum absolute atomic E-state index is 0.0312. The number of aryl methyl sites for hydroxylation is 1. The largest absolute Gasteiger partial charge is 0.391 e. The molecule has 2 fully saturated rings. The van der Waals surface area contributed by atoms with Crippen LogP contribution in [-0.4, -0.2) is 56.4 Å². The number of fused-ring (bicyclic) bond motifs is 2. The van der Waals surface area contributed by atoms with Gasteiger partial charge in [0.15, 0.2) is 23.2 Å². The SMILES string of the molecule is CC1(C)O[C@@H]2[C@H](O1)[C@@H](COP(=O)(Sc1ccccc1)Sc1ccccc1)O[C@H]2n1cnc2c(=O)n(CCCCCOP(=O)(Nc3ccccc3)Nc3ccccc3)cnc21. The number of ether oxygens (including phenoxy) is 3. The van der Waals surface area contributed by atoms with Gasteiger partial charge in [0.2, 0.25) is 0 Å². The summed E-state index contributed by atoms with van der Waals surface area (Å²) in [6.07, 6.45) is 2.51.